The summed E-state index contributed by atoms with van der Waals surface area (Å²) in [6.07, 6.45) is 4.19. The first-order valence-corrected chi connectivity index (χ1v) is 9.32. The first-order valence-electron chi connectivity index (χ1n) is 8.94. The number of rotatable bonds is 2. The molecule has 2 aromatic rings. The molecule has 0 unspecified atom stereocenters. The van der Waals surface area contributed by atoms with E-state index in [0.29, 0.717) is 17.3 Å². The van der Waals surface area contributed by atoms with Gasteiger partial charge in [0.15, 0.2) is 0 Å². The summed E-state index contributed by atoms with van der Waals surface area (Å²) in [5.74, 6) is 0.661. The lowest BCUT2D eigenvalue weighted by Gasteiger charge is -2.52. The number of aryl methyl sites for hydroxylation is 1. The number of nitrogens with one attached hydrogen (secondary N) is 1. The van der Waals surface area contributed by atoms with Crippen LogP contribution in [0.4, 0.5) is 15.1 Å². The molecular formula is C18H23ClFN5O. The van der Waals surface area contributed by atoms with Gasteiger partial charge in [-0.3, -0.25) is 5.32 Å². The van der Waals surface area contributed by atoms with Crippen LogP contribution in [0.5, 0.6) is 0 Å². The fourth-order valence-corrected chi connectivity index (χ4v) is 4.42. The number of aromatic nitrogens is 3. The number of piperidine rings is 1. The molecule has 2 fully saturated rings. The molecule has 6 nitrogen and oxygen atoms in total. The number of hydrogen-bond acceptors (Lipinski definition) is 2. The van der Waals surface area contributed by atoms with E-state index in [2.05, 4.69) is 10.4 Å². The van der Waals surface area contributed by atoms with Gasteiger partial charge in [0, 0.05) is 27.2 Å². The first kappa shape index (κ1) is 17.4. The molecule has 4 rings (SSSR count). The van der Waals surface area contributed by atoms with E-state index in [1.165, 1.54) is 6.07 Å². The molecule has 1 spiro atoms. The Balaban J connectivity index is 1.30. The molecule has 2 amide bonds. The predicted molar refractivity (Wildman–Crippen MR) is 97.8 cm³/mol. The summed E-state index contributed by atoms with van der Waals surface area (Å²) in [6.45, 7) is 1.52. The fraction of sp³-hybridized carbons (Fsp3) is 0.556. The maximum atomic E-state index is 13.3. The van der Waals surface area contributed by atoms with Crippen molar-refractivity contribution in [1.29, 1.82) is 0 Å². The molecule has 1 aliphatic heterocycles. The first-order chi connectivity index (χ1) is 12.4. The maximum absolute atomic E-state index is 13.3. The van der Waals surface area contributed by atoms with E-state index in [4.69, 9.17) is 11.6 Å². The molecule has 1 aliphatic carbocycles. The Hall–Kier alpha value is -2.02. The summed E-state index contributed by atoms with van der Waals surface area (Å²) in [4.78, 5) is 15.9. The van der Waals surface area contributed by atoms with Gasteiger partial charge >= 0.3 is 6.03 Å². The Labute approximate surface area is 156 Å². The molecule has 26 heavy (non-hydrogen) atoms. The Morgan fingerprint density at radius 3 is 2.58 bits per heavy atom. The average Bonchev–Trinajstić information content (AvgIpc) is 2.61. The monoisotopic (exact) mass is 379 g/mol. The van der Waals surface area contributed by atoms with Crippen molar-refractivity contribution < 1.29 is 9.18 Å². The van der Waals surface area contributed by atoms with Crippen molar-refractivity contribution in [2.75, 3.05) is 18.4 Å². The number of likely N-dealkylation sites (tertiary alicyclic amines) is 1. The highest BCUT2D eigenvalue weighted by atomic mass is 35.5. The highest BCUT2D eigenvalue weighted by Crippen LogP contribution is 2.56. The van der Waals surface area contributed by atoms with Crippen LogP contribution in [0.1, 0.15) is 37.2 Å². The largest absolute Gasteiger partial charge is 0.324 e. The lowest BCUT2D eigenvalue weighted by atomic mass is 9.56. The fourth-order valence-electron chi connectivity index (χ4n) is 4.23. The Morgan fingerprint density at radius 1 is 1.31 bits per heavy atom. The summed E-state index contributed by atoms with van der Waals surface area (Å²) >= 11 is 5.91. The van der Waals surface area contributed by atoms with Gasteiger partial charge in [-0.05, 0) is 54.7 Å². The smallest absolute Gasteiger partial charge is 0.324 e. The zero-order valence-electron chi connectivity index (χ0n) is 15.0. The van der Waals surface area contributed by atoms with Crippen LogP contribution in [-0.4, -0.2) is 38.6 Å². The Bertz CT molecular complexity index is 829. The molecule has 8 heteroatoms. The van der Waals surface area contributed by atoms with E-state index < -0.39 is 0 Å². The molecule has 0 radical (unpaired) electrons. The van der Waals surface area contributed by atoms with Gasteiger partial charge in [0.25, 0.3) is 0 Å². The van der Waals surface area contributed by atoms with Gasteiger partial charge in [0.05, 0.1) is 5.02 Å². The van der Waals surface area contributed by atoms with Gasteiger partial charge in [-0.15, -0.1) is 5.10 Å². The number of anilines is 1. The third kappa shape index (κ3) is 2.98. The molecule has 1 saturated carbocycles. The van der Waals surface area contributed by atoms with Gasteiger partial charge in [-0.1, -0.05) is 17.7 Å². The number of benzene rings is 1. The van der Waals surface area contributed by atoms with Crippen molar-refractivity contribution in [1.82, 2.24) is 19.5 Å². The summed E-state index contributed by atoms with van der Waals surface area (Å²) in [6, 6.07) is 4.96. The van der Waals surface area contributed by atoms with Gasteiger partial charge in [0.2, 0.25) is 5.95 Å². The molecule has 1 aromatic heterocycles. The van der Waals surface area contributed by atoms with Gasteiger partial charge in [-0.25, -0.2) is 18.7 Å². The number of urea groups is 1. The minimum absolute atomic E-state index is 0.0836. The summed E-state index contributed by atoms with van der Waals surface area (Å²) in [7, 11) is 3.67. The van der Waals surface area contributed by atoms with Crippen molar-refractivity contribution in [3.8, 4) is 0 Å². The van der Waals surface area contributed by atoms with E-state index in [9.17, 15) is 9.18 Å². The van der Waals surface area contributed by atoms with Gasteiger partial charge in [-0.2, -0.15) is 0 Å². The average molecular weight is 380 g/mol. The number of carbonyl (C=O) groups excluding carboxylic acids is 1. The second-order valence-electron chi connectivity index (χ2n) is 7.63. The lowest BCUT2D eigenvalue weighted by Crippen LogP contribution is -2.49. The maximum Gasteiger partial charge on any atom is 0.324 e. The van der Waals surface area contributed by atoms with Crippen LogP contribution < -0.4 is 5.32 Å². The van der Waals surface area contributed by atoms with Gasteiger partial charge in [0.1, 0.15) is 5.82 Å². The van der Waals surface area contributed by atoms with Crippen molar-refractivity contribution in [2.24, 2.45) is 19.5 Å². The normalized spacial score (nSPS) is 19.6. The number of nitrogens with zero attached hydrogens (tertiary/aromatic N) is 4. The molecule has 140 valence electrons. The van der Waals surface area contributed by atoms with Crippen molar-refractivity contribution in [3.63, 3.8) is 0 Å². The third-order valence-electron chi connectivity index (χ3n) is 6.08. The molecule has 1 aromatic carbocycles. The van der Waals surface area contributed by atoms with Crippen molar-refractivity contribution >= 4 is 23.6 Å². The van der Waals surface area contributed by atoms with E-state index in [0.717, 1.165) is 44.3 Å². The summed E-state index contributed by atoms with van der Waals surface area (Å²) < 4.78 is 15.1. The standard InChI is InChI=1S/C18H23ClFN5O/c1-23-16(22-24(23)2)21-17(26)25-7-5-18(6-8-25)10-13(11-18)12-3-4-15(20)14(19)9-12/h3-4,9,13H,5-8,10-11H2,1-2H3,(H,21,22,26). The summed E-state index contributed by atoms with van der Waals surface area (Å²) in [5.41, 5.74) is 1.44. The topological polar surface area (TPSA) is 55.1 Å². The van der Waals surface area contributed by atoms with E-state index in [1.54, 1.807) is 15.5 Å². The van der Waals surface area contributed by atoms with Crippen molar-refractivity contribution in [3.05, 3.63) is 34.6 Å². The molecule has 1 N–H and O–H groups in total. The Morgan fingerprint density at radius 2 is 2.00 bits per heavy atom. The number of halogens is 2. The number of carbonyl (C=O) groups is 1. The molecule has 1 saturated heterocycles. The van der Waals surface area contributed by atoms with Crippen molar-refractivity contribution in [2.45, 2.75) is 31.6 Å². The van der Waals surface area contributed by atoms with Crippen LogP contribution in [0.3, 0.4) is 0 Å². The highest BCUT2D eigenvalue weighted by molar-refractivity contribution is 6.30. The molecular weight excluding hydrogens is 357 g/mol. The van der Waals surface area contributed by atoms with Crippen LogP contribution in [0, 0.1) is 11.2 Å². The highest BCUT2D eigenvalue weighted by Gasteiger charge is 2.46. The van der Waals surface area contributed by atoms with Gasteiger partial charge < -0.3 is 4.90 Å². The Kier molecular flexibility index (Phi) is 4.22. The SMILES string of the molecule is Cn1nc(NC(=O)N2CCC3(CC2)CC(c2ccc(F)c(Cl)c2)C3)n1C. The summed E-state index contributed by atoms with van der Waals surface area (Å²) in [5, 5.41) is 7.18. The zero-order valence-corrected chi connectivity index (χ0v) is 15.8. The molecule has 0 bridgehead atoms. The lowest BCUT2D eigenvalue weighted by molar-refractivity contribution is 0.0290. The molecule has 0 atom stereocenters. The van der Waals surface area contributed by atoms with E-state index in [-0.39, 0.29) is 16.9 Å². The number of hydrogen-bond donors (Lipinski definition) is 1. The van der Waals surface area contributed by atoms with Crippen LogP contribution >= 0.6 is 11.6 Å². The second-order valence-corrected chi connectivity index (χ2v) is 8.04. The van der Waals surface area contributed by atoms with Crippen LogP contribution in [0.15, 0.2) is 18.2 Å². The van der Waals surface area contributed by atoms with E-state index in [1.807, 2.05) is 25.1 Å². The number of amides is 2. The molecule has 2 aliphatic rings. The predicted octanol–water partition coefficient (Wildman–Crippen LogP) is 3.74. The quantitative estimate of drug-likeness (QED) is 0.864. The second kappa shape index (κ2) is 6.30. The molecule has 2 heterocycles. The third-order valence-corrected chi connectivity index (χ3v) is 6.37. The van der Waals surface area contributed by atoms with E-state index >= 15 is 0 Å². The zero-order chi connectivity index (χ0) is 18.5. The van der Waals surface area contributed by atoms with Crippen LogP contribution in [-0.2, 0) is 14.1 Å². The van der Waals surface area contributed by atoms with Crippen LogP contribution in [0.25, 0.3) is 0 Å². The minimum atomic E-state index is -0.364. The van der Waals surface area contributed by atoms with Crippen LogP contribution in [0.2, 0.25) is 5.02 Å². The minimum Gasteiger partial charge on any atom is -0.324 e.